The third-order valence-electron chi connectivity index (χ3n) is 6.44. The minimum atomic E-state index is -0.790. The monoisotopic (exact) mass is 475 g/mol. The van der Waals surface area contributed by atoms with E-state index in [-0.39, 0.29) is 31.1 Å². The van der Waals surface area contributed by atoms with Gasteiger partial charge in [0.15, 0.2) is 0 Å². The number of nitrogens with zero attached hydrogens (tertiary/aromatic N) is 3. The summed E-state index contributed by atoms with van der Waals surface area (Å²) in [6.07, 6.45) is 14.3. The number of aromatic nitrogens is 1. The second-order valence-electron chi connectivity index (χ2n) is 9.14. The molecule has 0 aromatic carbocycles. The minimum absolute atomic E-state index is 0.0838. The van der Waals surface area contributed by atoms with E-state index in [4.69, 9.17) is 4.74 Å². The standard InChI is InChI=1S/C29H37N3O3/c1-6-13-25(18-21(3)4)32(27(33)20-35-19-23-14-11-12-17-30-23)28-26(7-2)22(5)31(29(28)34)24-15-9-8-10-16-24/h6-7,11-14,17-18,24,28H,2-3,8-10,15-16,19-20H2,1,4-5H3/b13-6-,25-18+. The maximum Gasteiger partial charge on any atom is 0.254 e. The summed E-state index contributed by atoms with van der Waals surface area (Å²) < 4.78 is 5.74. The van der Waals surface area contributed by atoms with Crippen LogP contribution in [0.2, 0.25) is 0 Å². The molecule has 1 aliphatic heterocycles. The first-order valence-corrected chi connectivity index (χ1v) is 12.3. The quantitative estimate of drug-likeness (QED) is 0.421. The van der Waals surface area contributed by atoms with Gasteiger partial charge in [-0.3, -0.25) is 19.5 Å². The van der Waals surface area contributed by atoms with E-state index in [9.17, 15) is 9.59 Å². The molecule has 6 nitrogen and oxygen atoms in total. The Labute approximate surface area is 209 Å². The number of allylic oxidation sites excluding steroid dienone is 5. The van der Waals surface area contributed by atoms with E-state index in [1.165, 1.54) is 6.42 Å². The summed E-state index contributed by atoms with van der Waals surface area (Å²) in [5.74, 6) is -0.387. The molecule has 1 atom stereocenters. The van der Waals surface area contributed by atoms with E-state index < -0.39 is 6.04 Å². The summed E-state index contributed by atoms with van der Waals surface area (Å²) in [6.45, 7) is 13.7. The van der Waals surface area contributed by atoms with Crippen LogP contribution in [0.3, 0.4) is 0 Å². The molecule has 6 heteroatoms. The number of pyridine rings is 1. The van der Waals surface area contributed by atoms with Gasteiger partial charge in [-0.15, -0.1) is 0 Å². The van der Waals surface area contributed by atoms with Crippen molar-refractivity contribution < 1.29 is 14.3 Å². The van der Waals surface area contributed by atoms with Crippen molar-refractivity contribution in [2.45, 2.75) is 71.6 Å². The molecule has 2 heterocycles. The van der Waals surface area contributed by atoms with Crippen molar-refractivity contribution in [2.24, 2.45) is 0 Å². The number of amides is 2. The number of carbonyl (C=O) groups excluding carboxylic acids is 2. The molecule has 1 saturated carbocycles. The highest BCUT2D eigenvalue weighted by molar-refractivity contribution is 5.96. The van der Waals surface area contributed by atoms with Crippen LogP contribution in [0.25, 0.3) is 0 Å². The van der Waals surface area contributed by atoms with Crippen molar-refractivity contribution >= 4 is 11.8 Å². The SMILES string of the molecule is C=CC1=C(C)N(C2CCCCC2)C(=O)C1N(C(=O)COCc1ccccn1)C(/C=C\C)=C/C(=C)C. The lowest BCUT2D eigenvalue weighted by atomic mass is 9.94. The molecule has 0 radical (unpaired) electrons. The fraction of sp³-hybridized carbons (Fsp3) is 0.414. The van der Waals surface area contributed by atoms with Gasteiger partial charge in [-0.2, -0.15) is 0 Å². The molecule has 35 heavy (non-hydrogen) atoms. The molecule has 0 spiro atoms. The van der Waals surface area contributed by atoms with Gasteiger partial charge in [0.1, 0.15) is 12.6 Å². The predicted octanol–water partition coefficient (Wildman–Crippen LogP) is 5.47. The van der Waals surface area contributed by atoms with E-state index in [2.05, 4.69) is 18.1 Å². The van der Waals surface area contributed by atoms with Crippen LogP contribution in [-0.2, 0) is 20.9 Å². The van der Waals surface area contributed by atoms with Gasteiger partial charge in [0.05, 0.1) is 12.3 Å². The lowest BCUT2D eigenvalue weighted by molar-refractivity contribution is -0.143. The molecule has 1 aromatic rings. The van der Waals surface area contributed by atoms with Gasteiger partial charge in [0, 0.05) is 29.2 Å². The van der Waals surface area contributed by atoms with E-state index >= 15 is 0 Å². The molecule has 2 amide bonds. The van der Waals surface area contributed by atoms with Crippen LogP contribution in [0.4, 0.5) is 0 Å². The van der Waals surface area contributed by atoms with E-state index in [0.717, 1.165) is 48.2 Å². The Morgan fingerprint density at radius 3 is 2.63 bits per heavy atom. The molecule has 2 aliphatic rings. The first-order valence-electron chi connectivity index (χ1n) is 12.3. The topological polar surface area (TPSA) is 62.7 Å². The van der Waals surface area contributed by atoms with Crippen LogP contribution in [0, 0.1) is 0 Å². The Hall–Kier alpha value is -3.25. The van der Waals surface area contributed by atoms with Gasteiger partial charge in [-0.1, -0.05) is 56.2 Å². The van der Waals surface area contributed by atoms with Crippen molar-refractivity contribution in [1.29, 1.82) is 0 Å². The van der Waals surface area contributed by atoms with Gasteiger partial charge in [0.25, 0.3) is 11.8 Å². The fourth-order valence-electron chi connectivity index (χ4n) is 4.92. The van der Waals surface area contributed by atoms with E-state index in [1.807, 2.05) is 62.1 Å². The number of hydrogen-bond acceptors (Lipinski definition) is 4. The predicted molar refractivity (Wildman–Crippen MR) is 139 cm³/mol. The normalized spacial score (nSPS) is 19.5. The highest BCUT2D eigenvalue weighted by Crippen LogP contribution is 2.36. The molecular weight excluding hydrogens is 438 g/mol. The number of ether oxygens (including phenoxy) is 1. The van der Waals surface area contributed by atoms with Gasteiger partial charge in [0.2, 0.25) is 0 Å². The molecule has 186 valence electrons. The summed E-state index contributed by atoms with van der Waals surface area (Å²) in [5, 5.41) is 0. The zero-order valence-corrected chi connectivity index (χ0v) is 21.2. The van der Waals surface area contributed by atoms with Gasteiger partial charge >= 0.3 is 0 Å². The maximum atomic E-state index is 13.9. The number of hydrogen-bond donors (Lipinski definition) is 0. The Bertz CT molecular complexity index is 1030. The Balaban J connectivity index is 1.95. The van der Waals surface area contributed by atoms with Gasteiger partial charge in [-0.25, -0.2) is 0 Å². The summed E-state index contributed by atoms with van der Waals surface area (Å²) >= 11 is 0. The summed E-state index contributed by atoms with van der Waals surface area (Å²) in [6, 6.07) is 4.92. The second kappa shape index (κ2) is 12.5. The van der Waals surface area contributed by atoms with Crippen LogP contribution in [-0.4, -0.2) is 45.3 Å². The molecule has 0 N–H and O–H groups in total. The van der Waals surface area contributed by atoms with Crippen molar-refractivity contribution in [3.63, 3.8) is 0 Å². The molecule has 1 fully saturated rings. The van der Waals surface area contributed by atoms with E-state index in [1.54, 1.807) is 17.2 Å². The van der Waals surface area contributed by atoms with Gasteiger partial charge < -0.3 is 9.64 Å². The summed E-state index contributed by atoms with van der Waals surface area (Å²) in [5.41, 5.74) is 3.75. The largest absolute Gasteiger partial charge is 0.365 e. The van der Waals surface area contributed by atoms with Crippen LogP contribution in [0.5, 0.6) is 0 Å². The van der Waals surface area contributed by atoms with Crippen molar-refractivity contribution in [3.05, 3.63) is 90.1 Å². The molecule has 0 bridgehead atoms. The average molecular weight is 476 g/mol. The van der Waals surface area contributed by atoms with E-state index in [0.29, 0.717) is 5.70 Å². The fourth-order valence-corrected chi connectivity index (χ4v) is 4.92. The number of rotatable bonds is 10. The lowest BCUT2D eigenvalue weighted by Gasteiger charge is -2.34. The van der Waals surface area contributed by atoms with Crippen LogP contribution in [0.1, 0.15) is 58.6 Å². The van der Waals surface area contributed by atoms with Crippen LogP contribution in [0.15, 0.2) is 84.4 Å². The van der Waals surface area contributed by atoms with Gasteiger partial charge in [-0.05, 0) is 57.9 Å². The lowest BCUT2D eigenvalue weighted by Crippen LogP contribution is -2.49. The Morgan fingerprint density at radius 1 is 1.29 bits per heavy atom. The first-order chi connectivity index (χ1) is 16.9. The highest BCUT2D eigenvalue weighted by atomic mass is 16.5. The second-order valence-corrected chi connectivity index (χ2v) is 9.14. The smallest absolute Gasteiger partial charge is 0.254 e. The molecule has 1 unspecified atom stereocenters. The van der Waals surface area contributed by atoms with Crippen LogP contribution >= 0.6 is 0 Å². The third kappa shape index (κ3) is 6.25. The highest BCUT2D eigenvalue weighted by Gasteiger charge is 2.45. The summed E-state index contributed by atoms with van der Waals surface area (Å²) in [7, 11) is 0. The number of carbonyl (C=O) groups is 2. The third-order valence-corrected chi connectivity index (χ3v) is 6.44. The van der Waals surface area contributed by atoms with Crippen molar-refractivity contribution in [3.8, 4) is 0 Å². The average Bonchev–Trinajstić information content (AvgIpc) is 3.09. The molecule has 1 aromatic heterocycles. The Morgan fingerprint density at radius 2 is 2.03 bits per heavy atom. The Kier molecular flexibility index (Phi) is 9.38. The first kappa shape index (κ1) is 26.4. The molecule has 1 aliphatic carbocycles. The minimum Gasteiger partial charge on any atom is -0.365 e. The molecular formula is C29H37N3O3. The summed E-state index contributed by atoms with van der Waals surface area (Å²) in [4.78, 5) is 35.3. The molecule has 0 saturated heterocycles. The maximum absolute atomic E-state index is 13.9. The van der Waals surface area contributed by atoms with Crippen molar-refractivity contribution in [1.82, 2.24) is 14.8 Å². The molecule has 3 rings (SSSR count). The van der Waals surface area contributed by atoms with Crippen LogP contribution < -0.4 is 0 Å². The zero-order chi connectivity index (χ0) is 25.4. The zero-order valence-electron chi connectivity index (χ0n) is 21.2. The van der Waals surface area contributed by atoms with Crippen molar-refractivity contribution in [2.75, 3.05) is 6.61 Å².